The summed E-state index contributed by atoms with van der Waals surface area (Å²) in [5.74, 6) is -0.0797. The van der Waals surface area contributed by atoms with Crippen LogP contribution in [-0.2, 0) is 26.2 Å². The van der Waals surface area contributed by atoms with Crippen LogP contribution in [0.25, 0.3) is 0 Å². The summed E-state index contributed by atoms with van der Waals surface area (Å²) in [5, 5.41) is 3.18. The first-order valence-electron chi connectivity index (χ1n) is 15.5. The molecule has 10 heteroatoms. The van der Waals surface area contributed by atoms with Gasteiger partial charge >= 0.3 is 0 Å². The highest BCUT2D eigenvalue weighted by molar-refractivity contribution is 7.92. The molecule has 1 N–H and O–H groups in total. The Labute approximate surface area is 267 Å². The van der Waals surface area contributed by atoms with Gasteiger partial charge in [-0.1, -0.05) is 73.7 Å². The second kappa shape index (κ2) is 15.3. The number of rotatable bonds is 13. The van der Waals surface area contributed by atoms with E-state index in [1.807, 2.05) is 45.0 Å². The molecule has 0 radical (unpaired) electrons. The summed E-state index contributed by atoms with van der Waals surface area (Å²) in [4.78, 5) is 29.8. The second-order valence-electron chi connectivity index (χ2n) is 11.6. The SMILES string of the molecule is CCC(C(=O)NC1CCCCC1)N(Cc1cccc(C)c1)C(=O)CN(c1cc(OC)ccc1OC)S(=O)(=O)c1ccc(C)cc1. The quantitative estimate of drug-likeness (QED) is 0.256. The monoisotopic (exact) mass is 635 g/mol. The molecule has 0 aliphatic heterocycles. The van der Waals surface area contributed by atoms with Crippen molar-refractivity contribution in [3.05, 3.63) is 83.4 Å². The molecule has 1 aliphatic carbocycles. The second-order valence-corrected chi connectivity index (χ2v) is 13.5. The van der Waals surface area contributed by atoms with Gasteiger partial charge in [-0.3, -0.25) is 13.9 Å². The van der Waals surface area contributed by atoms with Gasteiger partial charge in [0.05, 0.1) is 24.8 Å². The summed E-state index contributed by atoms with van der Waals surface area (Å²) in [5.41, 5.74) is 2.92. The Hall–Kier alpha value is -4.05. The van der Waals surface area contributed by atoms with E-state index in [2.05, 4.69) is 5.32 Å². The van der Waals surface area contributed by atoms with E-state index < -0.39 is 28.5 Å². The van der Waals surface area contributed by atoms with Crippen LogP contribution in [0.4, 0.5) is 5.69 Å². The molecular weight excluding hydrogens is 590 g/mol. The summed E-state index contributed by atoms with van der Waals surface area (Å²) >= 11 is 0. The Morgan fingerprint density at radius 2 is 1.62 bits per heavy atom. The highest BCUT2D eigenvalue weighted by Crippen LogP contribution is 2.36. The highest BCUT2D eigenvalue weighted by atomic mass is 32.2. The number of hydrogen-bond acceptors (Lipinski definition) is 6. The minimum atomic E-state index is -4.26. The number of carbonyl (C=O) groups is 2. The number of sulfonamides is 1. The van der Waals surface area contributed by atoms with Gasteiger partial charge in [0, 0.05) is 18.7 Å². The molecule has 3 aromatic carbocycles. The van der Waals surface area contributed by atoms with E-state index in [1.54, 1.807) is 24.3 Å². The Bertz CT molecular complexity index is 1570. The van der Waals surface area contributed by atoms with Crippen molar-refractivity contribution in [3.8, 4) is 11.5 Å². The lowest BCUT2D eigenvalue weighted by Crippen LogP contribution is -2.54. The van der Waals surface area contributed by atoms with Gasteiger partial charge < -0.3 is 19.7 Å². The molecule has 242 valence electrons. The minimum Gasteiger partial charge on any atom is -0.497 e. The number of methoxy groups -OCH3 is 2. The molecule has 4 rings (SSSR count). The maximum absolute atomic E-state index is 14.5. The van der Waals surface area contributed by atoms with Gasteiger partial charge in [0.1, 0.15) is 24.1 Å². The maximum atomic E-state index is 14.5. The lowest BCUT2D eigenvalue weighted by molar-refractivity contribution is -0.140. The van der Waals surface area contributed by atoms with E-state index in [-0.39, 0.29) is 34.8 Å². The van der Waals surface area contributed by atoms with Crippen molar-refractivity contribution in [1.29, 1.82) is 0 Å². The molecule has 0 bridgehead atoms. The van der Waals surface area contributed by atoms with E-state index in [0.29, 0.717) is 12.2 Å². The molecule has 0 aromatic heterocycles. The molecule has 1 fully saturated rings. The number of amides is 2. The number of hydrogen-bond donors (Lipinski definition) is 1. The Morgan fingerprint density at radius 3 is 2.24 bits per heavy atom. The molecule has 9 nitrogen and oxygen atoms in total. The van der Waals surface area contributed by atoms with Gasteiger partial charge in [-0.2, -0.15) is 0 Å². The van der Waals surface area contributed by atoms with Crippen LogP contribution in [0.1, 0.15) is 62.1 Å². The van der Waals surface area contributed by atoms with Crippen molar-refractivity contribution < 1.29 is 27.5 Å². The van der Waals surface area contributed by atoms with Gasteiger partial charge in [0.2, 0.25) is 11.8 Å². The molecule has 45 heavy (non-hydrogen) atoms. The van der Waals surface area contributed by atoms with Crippen LogP contribution < -0.4 is 19.1 Å². The van der Waals surface area contributed by atoms with Crippen molar-refractivity contribution in [3.63, 3.8) is 0 Å². The van der Waals surface area contributed by atoms with Crippen molar-refractivity contribution in [2.24, 2.45) is 0 Å². The first-order valence-corrected chi connectivity index (χ1v) is 17.0. The minimum absolute atomic E-state index is 0.0260. The van der Waals surface area contributed by atoms with Crippen LogP contribution >= 0.6 is 0 Å². The molecular formula is C35H45N3O6S. The fourth-order valence-corrected chi connectivity index (χ4v) is 7.23. The molecule has 0 saturated heterocycles. The van der Waals surface area contributed by atoms with Gasteiger partial charge in [0.15, 0.2) is 0 Å². The van der Waals surface area contributed by atoms with Gasteiger partial charge in [-0.15, -0.1) is 0 Å². The van der Waals surface area contributed by atoms with Crippen molar-refractivity contribution >= 4 is 27.5 Å². The van der Waals surface area contributed by atoms with Crippen molar-refractivity contribution in [2.75, 3.05) is 25.1 Å². The average Bonchev–Trinajstić information content (AvgIpc) is 3.03. The smallest absolute Gasteiger partial charge is 0.264 e. The third-order valence-electron chi connectivity index (χ3n) is 8.32. The van der Waals surface area contributed by atoms with E-state index in [4.69, 9.17) is 9.47 Å². The molecule has 1 aliphatic rings. The largest absolute Gasteiger partial charge is 0.497 e. The van der Waals surface area contributed by atoms with E-state index >= 15 is 0 Å². The van der Waals surface area contributed by atoms with Gasteiger partial charge in [-0.05, 0) is 62.9 Å². The topological polar surface area (TPSA) is 105 Å². The predicted molar refractivity (Wildman–Crippen MR) is 176 cm³/mol. The summed E-state index contributed by atoms with van der Waals surface area (Å²) in [6.45, 7) is 5.29. The third-order valence-corrected chi connectivity index (χ3v) is 10.1. The van der Waals surface area contributed by atoms with Crippen LogP contribution in [-0.4, -0.2) is 58.0 Å². The number of ether oxygens (including phenoxy) is 2. The Kier molecular flexibility index (Phi) is 11.5. The molecule has 0 heterocycles. The normalized spacial score (nSPS) is 14.3. The van der Waals surface area contributed by atoms with Crippen molar-refractivity contribution in [2.45, 2.75) is 82.8 Å². The lowest BCUT2D eigenvalue weighted by Gasteiger charge is -2.34. The molecule has 1 saturated carbocycles. The lowest BCUT2D eigenvalue weighted by atomic mass is 9.95. The molecule has 1 atom stereocenters. The summed E-state index contributed by atoms with van der Waals surface area (Å²) in [6, 6.07) is 18.3. The first kappa shape index (κ1) is 33.8. The zero-order valence-corrected chi connectivity index (χ0v) is 27.7. The third kappa shape index (κ3) is 8.36. The number of nitrogens with one attached hydrogen (secondary N) is 1. The molecule has 3 aromatic rings. The van der Waals surface area contributed by atoms with Crippen molar-refractivity contribution in [1.82, 2.24) is 10.2 Å². The summed E-state index contributed by atoms with van der Waals surface area (Å²) in [7, 11) is -1.34. The highest BCUT2D eigenvalue weighted by Gasteiger charge is 2.35. The summed E-state index contributed by atoms with van der Waals surface area (Å²) in [6.07, 6.45) is 5.45. The maximum Gasteiger partial charge on any atom is 0.264 e. The number of benzene rings is 3. The number of aryl methyl sites for hydroxylation is 2. The average molecular weight is 636 g/mol. The van der Waals surface area contributed by atoms with Crippen LogP contribution in [0.3, 0.4) is 0 Å². The molecule has 2 amide bonds. The number of carbonyl (C=O) groups excluding carboxylic acids is 2. The molecule has 1 unspecified atom stereocenters. The van der Waals surface area contributed by atoms with Crippen LogP contribution in [0, 0.1) is 13.8 Å². The Morgan fingerprint density at radius 1 is 0.911 bits per heavy atom. The number of nitrogens with zero attached hydrogens (tertiary/aromatic N) is 2. The van der Waals surface area contributed by atoms with Gasteiger partial charge in [0.25, 0.3) is 10.0 Å². The van der Waals surface area contributed by atoms with Gasteiger partial charge in [-0.25, -0.2) is 8.42 Å². The van der Waals surface area contributed by atoms with Crippen LogP contribution in [0.2, 0.25) is 0 Å². The molecule has 0 spiro atoms. The fourth-order valence-electron chi connectivity index (χ4n) is 5.81. The van der Waals surface area contributed by atoms with E-state index in [9.17, 15) is 18.0 Å². The van der Waals surface area contributed by atoms with E-state index in [1.165, 1.54) is 37.3 Å². The van der Waals surface area contributed by atoms with Crippen LogP contribution in [0.5, 0.6) is 11.5 Å². The Balaban J connectivity index is 1.77. The zero-order valence-electron chi connectivity index (χ0n) is 26.9. The predicted octanol–water partition coefficient (Wildman–Crippen LogP) is 5.77. The standard InChI is InChI=1S/C35H45N3O6S/c1-6-31(35(40)36-28-13-8-7-9-14-28)37(23-27-12-10-11-26(3)21-27)34(39)24-38(32-22-29(43-4)17-20-33(32)44-5)45(41,42)30-18-15-25(2)16-19-30/h10-12,15-22,28,31H,6-9,13-14,23-24H2,1-5H3,(H,36,40). The van der Waals surface area contributed by atoms with E-state index in [0.717, 1.165) is 53.1 Å². The first-order chi connectivity index (χ1) is 21.6. The van der Waals surface area contributed by atoms with Crippen LogP contribution in [0.15, 0.2) is 71.6 Å². The summed E-state index contributed by atoms with van der Waals surface area (Å²) < 4.78 is 40.6. The zero-order chi connectivity index (χ0) is 32.6. The number of anilines is 1. The fraction of sp³-hybridized carbons (Fsp3) is 0.429.